The summed E-state index contributed by atoms with van der Waals surface area (Å²) in [6.45, 7) is 2.20. The molecule has 1 atom stereocenters. The number of rotatable bonds is 4. The Morgan fingerprint density at radius 2 is 2.29 bits per heavy atom. The van der Waals surface area contributed by atoms with E-state index in [0.29, 0.717) is 11.9 Å². The summed E-state index contributed by atoms with van der Waals surface area (Å²) in [5, 5.41) is 0. The highest BCUT2D eigenvalue weighted by Gasteiger charge is 2.15. The smallest absolute Gasteiger partial charge is 0.125 e. The van der Waals surface area contributed by atoms with Crippen molar-refractivity contribution in [2.24, 2.45) is 0 Å². The van der Waals surface area contributed by atoms with E-state index in [4.69, 9.17) is 11.6 Å². The maximum Gasteiger partial charge on any atom is 0.125 e. The molecule has 1 heterocycles. The van der Waals surface area contributed by atoms with E-state index in [2.05, 4.69) is 44.7 Å². The number of hydrogen-bond donors (Lipinski definition) is 0. The maximum atomic E-state index is 5.99. The van der Waals surface area contributed by atoms with Gasteiger partial charge in [0.15, 0.2) is 0 Å². The van der Waals surface area contributed by atoms with Crippen molar-refractivity contribution >= 4 is 50.3 Å². The van der Waals surface area contributed by atoms with Crippen LogP contribution in [-0.4, -0.2) is 21.6 Å². The molecule has 17 heavy (non-hydrogen) atoms. The zero-order valence-electron chi connectivity index (χ0n) is 9.78. The normalized spacial score (nSPS) is 13.2. The summed E-state index contributed by atoms with van der Waals surface area (Å²) in [5.41, 5.74) is 2.16. The summed E-state index contributed by atoms with van der Waals surface area (Å²) in [6.07, 6.45) is 2.12. The molecule has 0 radical (unpaired) electrons. The first-order valence-corrected chi connectivity index (χ1v) is 8.10. The number of hydrogen-bond acceptors (Lipinski definition) is 2. The highest BCUT2D eigenvalue weighted by molar-refractivity contribution is 9.10. The van der Waals surface area contributed by atoms with Gasteiger partial charge >= 0.3 is 0 Å². The van der Waals surface area contributed by atoms with Crippen LogP contribution >= 0.6 is 39.3 Å². The number of aromatic nitrogens is 2. The van der Waals surface area contributed by atoms with E-state index in [1.54, 1.807) is 0 Å². The molecule has 2 nitrogen and oxygen atoms in total. The zero-order valence-corrected chi connectivity index (χ0v) is 12.9. The van der Waals surface area contributed by atoms with Gasteiger partial charge in [-0.25, -0.2) is 4.98 Å². The summed E-state index contributed by atoms with van der Waals surface area (Å²) in [7, 11) is 0. The predicted octanol–water partition coefficient (Wildman–Crippen LogP) is 4.46. The van der Waals surface area contributed by atoms with Crippen LogP contribution in [-0.2, 0) is 5.88 Å². The Bertz CT molecular complexity index is 526. The number of fused-ring (bicyclic) bond motifs is 1. The average Bonchev–Trinajstić information content (AvgIpc) is 2.66. The molecule has 0 saturated heterocycles. The first kappa shape index (κ1) is 13.2. The Morgan fingerprint density at radius 3 is 2.94 bits per heavy atom. The topological polar surface area (TPSA) is 17.8 Å². The summed E-state index contributed by atoms with van der Waals surface area (Å²) in [6, 6.07) is 6.54. The molecule has 0 aliphatic rings. The molecule has 0 saturated carbocycles. The predicted molar refractivity (Wildman–Crippen MR) is 80.1 cm³/mol. The van der Waals surface area contributed by atoms with Crippen LogP contribution in [0.4, 0.5) is 0 Å². The van der Waals surface area contributed by atoms with Gasteiger partial charge in [0.25, 0.3) is 0 Å². The molecule has 1 aromatic heterocycles. The van der Waals surface area contributed by atoms with Crippen molar-refractivity contribution in [2.45, 2.75) is 18.8 Å². The van der Waals surface area contributed by atoms with Gasteiger partial charge < -0.3 is 4.57 Å². The van der Waals surface area contributed by atoms with Crippen molar-refractivity contribution in [2.75, 3.05) is 12.0 Å². The van der Waals surface area contributed by atoms with Crippen LogP contribution in [0.5, 0.6) is 0 Å². The van der Waals surface area contributed by atoms with Gasteiger partial charge in [-0.3, -0.25) is 0 Å². The van der Waals surface area contributed by atoms with E-state index in [-0.39, 0.29) is 0 Å². The third kappa shape index (κ3) is 2.64. The maximum absolute atomic E-state index is 5.99. The minimum Gasteiger partial charge on any atom is -0.323 e. The summed E-state index contributed by atoms with van der Waals surface area (Å²) in [5.74, 6) is 2.45. The molecular weight excluding hydrogens is 320 g/mol. The standard InChI is InChI=1S/C12H14BrClN2S/c1-8(7-17-2)16-11-5-9(13)3-4-10(11)15-12(16)6-14/h3-5,8H,6-7H2,1-2H3. The van der Waals surface area contributed by atoms with Gasteiger partial charge in [-0.05, 0) is 31.4 Å². The summed E-state index contributed by atoms with van der Waals surface area (Å²) >= 11 is 11.3. The molecule has 1 unspecified atom stereocenters. The lowest BCUT2D eigenvalue weighted by molar-refractivity contribution is 0.606. The molecule has 0 spiro atoms. The molecule has 0 aliphatic carbocycles. The fraction of sp³-hybridized carbons (Fsp3) is 0.417. The highest BCUT2D eigenvalue weighted by Crippen LogP contribution is 2.26. The number of nitrogens with zero attached hydrogens (tertiary/aromatic N) is 2. The van der Waals surface area contributed by atoms with E-state index in [1.165, 1.54) is 0 Å². The second kappa shape index (κ2) is 5.63. The number of halogens is 2. The van der Waals surface area contributed by atoms with Crippen molar-refractivity contribution in [3.63, 3.8) is 0 Å². The summed E-state index contributed by atoms with van der Waals surface area (Å²) < 4.78 is 3.31. The molecular formula is C12H14BrClN2S. The van der Waals surface area contributed by atoms with Crippen LogP contribution in [0, 0.1) is 0 Å². The number of benzene rings is 1. The molecule has 5 heteroatoms. The number of alkyl halides is 1. The van der Waals surface area contributed by atoms with Crippen molar-refractivity contribution in [1.82, 2.24) is 9.55 Å². The van der Waals surface area contributed by atoms with E-state index in [1.807, 2.05) is 23.9 Å². The molecule has 0 amide bonds. The summed E-state index contributed by atoms with van der Waals surface area (Å²) in [4.78, 5) is 4.58. The molecule has 0 aliphatic heterocycles. The van der Waals surface area contributed by atoms with Crippen molar-refractivity contribution < 1.29 is 0 Å². The third-order valence-electron chi connectivity index (χ3n) is 2.69. The van der Waals surface area contributed by atoms with Crippen molar-refractivity contribution in [1.29, 1.82) is 0 Å². The Labute approximate surface area is 119 Å². The minimum atomic E-state index is 0.401. The molecule has 1 aromatic carbocycles. The monoisotopic (exact) mass is 332 g/mol. The minimum absolute atomic E-state index is 0.401. The Hall–Kier alpha value is -0.190. The fourth-order valence-electron chi connectivity index (χ4n) is 2.02. The van der Waals surface area contributed by atoms with Gasteiger partial charge in [-0.1, -0.05) is 15.9 Å². The van der Waals surface area contributed by atoms with Crippen LogP contribution in [0.15, 0.2) is 22.7 Å². The van der Waals surface area contributed by atoms with Crippen molar-refractivity contribution in [3.05, 3.63) is 28.5 Å². The lowest BCUT2D eigenvalue weighted by Gasteiger charge is -2.15. The largest absolute Gasteiger partial charge is 0.323 e. The van der Waals surface area contributed by atoms with Crippen molar-refractivity contribution in [3.8, 4) is 0 Å². The number of imidazole rings is 1. The van der Waals surface area contributed by atoms with Gasteiger partial charge in [0.05, 0.1) is 16.9 Å². The molecule has 2 rings (SSSR count). The van der Waals surface area contributed by atoms with Gasteiger partial charge in [0.1, 0.15) is 5.82 Å². The molecule has 0 bridgehead atoms. The van der Waals surface area contributed by atoms with Crippen LogP contribution in [0.25, 0.3) is 11.0 Å². The van der Waals surface area contributed by atoms with Gasteiger partial charge in [0, 0.05) is 16.3 Å². The van der Waals surface area contributed by atoms with E-state index in [9.17, 15) is 0 Å². The Balaban J connectivity index is 2.60. The van der Waals surface area contributed by atoms with Gasteiger partial charge in [-0.2, -0.15) is 11.8 Å². The van der Waals surface area contributed by atoms with Gasteiger partial charge in [-0.15, -0.1) is 11.6 Å². The molecule has 0 N–H and O–H groups in total. The first-order chi connectivity index (χ1) is 8.17. The molecule has 2 aromatic rings. The quantitative estimate of drug-likeness (QED) is 0.769. The van der Waals surface area contributed by atoms with Crippen LogP contribution in [0.2, 0.25) is 0 Å². The zero-order chi connectivity index (χ0) is 12.4. The van der Waals surface area contributed by atoms with E-state index >= 15 is 0 Å². The Kier molecular flexibility index (Phi) is 4.39. The Morgan fingerprint density at radius 1 is 1.53 bits per heavy atom. The van der Waals surface area contributed by atoms with Crippen LogP contribution < -0.4 is 0 Å². The first-order valence-electron chi connectivity index (χ1n) is 5.38. The number of thioether (sulfide) groups is 1. The second-order valence-corrected chi connectivity index (χ2v) is 6.06. The molecule has 92 valence electrons. The van der Waals surface area contributed by atoms with Crippen LogP contribution in [0.1, 0.15) is 18.8 Å². The highest BCUT2D eigenvalue weighted by atomic mass is 79.9. The fourth-order valence-corrected chi connectivity index (χ4v) is 3.19. The van der Waals surface area contributed by atoms with Gasteiger partial charge in [0.2, 0.25) is 0 Å². The second-order valence-electron chi connectivity index (χ2n) is 3.97. The lowest BCUT2D eigenvalue weighted by Crippen LogP contribution is -2.10. The van der Waals surface area contributed by atoms with Crippen LogP contribution in [0.3, 0.4) is 0 Å². The van der Waals surface area contributed by atoms with E-state index in [0.717, 1.165) is 27.1 Å². The van der Waals surface area contributed by atoms with E-state index < -0.39 is 0 Å². The SMILES string of the molecule is CSCC(C)n1c(CCl)nc2ccc(Br)cc21. The lowest BCUT2D eigenvalue weighted by atomic mass is 10.3. The average molecular weight is 334 g/mol. The molecule has 0 fully saturated rings. The third-order valence-corrected chi connectivity index (χ3v) is 4.24.